The highest BCUT2D eigenvalue weighted by molar-refractivity contribution is 6.31. The summed E-state index contributed by atoms with van der Waals surface area (Å²) in [5.41, 5.74) is 1.48. The molecule has 4 N–H and O–H groups in total. The van der Waals surface area contributed by atoms with E-state index in [9.17, 15) is 20.4 Å². The van der Waals surface area contributed by atoms with Crippen LogP contribution in [0.1, 0.15) is 11.1 Å². The Balaban J connectivity index is 1.83. The highest BCUT2D eigenvalue weighted by Gasteiger charge is 2.29. The minimum Gasteiger partial charge on any atom is -0.388 e. The molecule has 0 amide bonds. The van der Waals surface area contributed by atoms with Crippen molar-refractivity contribution in [3.05, 3.63) is 69.7 Å². The van der Waals surface area contributed by atoms with Gasteiger partial charge >= 0.3 is 0 Å². The molecule has 0 unspecified atom stereocenters. The standard InChI is InChI=1S/C20H22Cl2N2O4/c21-15-5-1-3-13(7-15)9-23-11-17(25)19(27)20(28)18(26)12-24-10-14-4-2-6-16(22)8-14/h1-10,17-20,25-28H,11-12H2/t17-,18-,19-,20-/m1/s1. The summed E-state index contributed by atoms with van der Waals surface area (Å²) in [5.74, 6) is 0. The van der Waals surface area contributed by atoms with Crippen molar-refractivity contribution in [2.75, 3.05) is 13.1 Å². The zero-order valence-electron chi connectivity index (χ0n) is 14.9. The molecule has 0 aliphatic heterocycles. The van der Waals surface area contributed by atoms with Crippen LogP contribution in [0.3, 0.4) is 0 Å². The number of rotatable bonds is 9. The maximum atomic E-state index is 10.0. The molecule has 28 heavy (non-hydrogen) atoms. The average molecular weight is 425 g/mol. The summed E-state index contributed by atoms with van der Waals surface area (Å²) in [6.07, 6.45) is -2.85. The van der Waals surface area contributed by atoms with Gasteiger partial charge in [0.05, 0.1) is 13.1 Å². The van der Waals surface area contributed by atoms with Crippen LogP contribution in [-0.2, 0) is 0 Å². The highest BCUT2D eigenvalue weighted by Crippen LogP contribution is 2.11. The number of aliphatic hydroxyl groups excluding tert-OH is 4. The number of benzene rings is 2. The van der Waals surface area contributed by atoms with Crippen LogP contribution in [0, 0.1) is 0 Å². The molecule has 0 saturated heterocycles. The normalized spacial score (nSPS) is 16.4. The van der Waals surface area contributed by atoms with Crippen LogP contribution in [-0.4, -0.2) is 70.4 Å². The molecule has 0 spiro atoms. The predicted octanol–water partition coefficient (Wildman–Crippen LogP) is 1.97. The fraction of sp³-hybridized carbons (Fsp3) is 0.300. The predicted molar refractivity (Wildman–Crippen MR) is 112 cm³/mol. The molecule has 2 rings (SSSR count). The summed E-state index contributed by atoms with van der Waals surface area (Å²) >= 11 is 11.7. The molecule has 8 heteroatoms. The van der Waals surface area contributed by atoms with Crippen LogP contribution in [0.25, 0.3) is 0 Å². The molecule has 0 saturated carbocycles. The van der Waals surface area contributed by atoms with Gasteiger partial charge in [0.1, 0.15) is 24.4 Å². The van der Waals surface area contributed by atoms with E-state index >= 15 is 0 Å². The van der Waals surface area contributed by atoms with Crippen molar-refractivity contribution in [1.82, 2.24) is 0 Å². The number of nitrogens with zero attached hydrogens (tertiary/aromatic N) is 2. The SMILES string of the molecule is O[C@@H]([C@H](O)[C@H](O)CN=Cc1cccc(Cl)c1)[C@H](O)CN=Cc1cccc(Cl)c1. The van der Waals surface area contributed by atoms with E-state index in [-0.39, 0.29) is 13.1 Å². The molecule has 0 fully saturated rings. The molecule has 0 radical (unpaired) electrons. The molecule has 0 heterocycles. The Morgan fingerprint density at radius 2 is 1.11 bits per heavy atom. The third-order valence-electron chi connectivity index (χ3n) is 3.90. The Labute approximate surface area is 173 Å². The van der Waals surface area contributed by atoms with Crippen LogP contribution >= 0.6 is 23.2 Å². The van der Waals surface area contributed by atoms with E-state index in [1.807, 2.05) is 0 Å². The van der Waals surface area contributed by atoms with Gasteiger partial charge in [0.15, 0.2) is 0 Å². The quantitative estimate of drug-likeness (QED) is 0.461. The molecule has 2 aromatic carbocycles. The molecule has 6 nitrogen and oxygen atoms in total. The van der Waals surface area contributed by atoms with Crippen molar-refractivity contribution in [2.24, 2.45) is 9.98 Å². The number of aliphatic imine (C=N–C) groups is 2. The molecule has 2 aromatic rings. The first kappa shape index (κ1) is 22.5. The van der Waals surface area contributed by atoms with Crippen LogP contribution in [0.4, 0.5) is 0 Å². The molecule has 0 aromatic heterocycles. The van der Waals surface area contributed by atoms with Crippen LogP contribution in [0.15, 0.2) is 58.5 Å². The molecular formula is C20H22Cl2N2O4. The largest absolute Gasteiger partial charge is 0.388 e. The van der Waals surface area contributed by atoms with Gasteiger partial charge < -0.3 is 20.4 Å². The molecular weight excluding hydrogens is 403 g/mol. The van der Waals surface area contributed by atoms with Crippen LogP contribution in [0.2, 0.25) is 10.0 Å². The molecule has 0 bridgehead atoms. The number of hydrogen-bond donors (Lipinski definition) is 4. The van der Waals surface area contributed by atoms with Crippen molar-refractivity contribution in [1.29, 1.82) is 0 Å². The Bertz CT molecular complexity index is 749. The van der Waals surface area contributed by atoms with Gasteiger partial charge in [0.2, 0.25) is 0 Å². The van der Waals surface area contributed by atoms with Gasteiger partial charge in [-0.3, -0.25) is 9.98 Å². The summed E-state index contributed by atoms with van der Waals surface area (Å²) in [6, 6.07) is 13.9. The second-order valence-electron chi connectivity index (χ2n) is 6.21. The van der Waals surface area contributed by atoms with Crippen molar-refractivity contribution < 1.29 is 20.4 Å². The van der Waals surface area contributed by atoms with Gasteiger partial charge in [0, 0.05) is 22.5 Å². The molecule has 0 aliphatic carbocycles. The Hall–Kier alpha value is -1.80. The topological polar surface area (TPSA) is 106 Å². The lowest BCUT2D eigenvalue weighted by molar-refractivity contribution is -0.0987. The lowest BCUT2D eigenvalue weighted by Gasteiger charge is -2.24. The summed E-state index contributed by atoms with van der Waals surface area (Å²) < 4.78 is 0. The average Bonchev–Trinajstić information content (AvgIpc) is 2.66. The zero-order valence-corrected chi connectivity index (χ0v) is 16.4. The van der Waals surface area contributed by atoms with Crippen molar-refractivity contribution in [2.45, 2.75) is 24.4 Å². The van der Waals surface area contributed by atoms with E-state index in [1.165, 1.54) is 12.4 Å². The Morgan fingerprint density at radius 3 is 1.46 bits per heavy atom. The lowest BCUT2D eigenvalue weighted by atomic mass is 10.0. The van der Waals surface area contributed by atoms with Crippen molar-refractivity contribution in [3.63, 3.8) is 0 Å². The first-order chi connectivity index (χ1) is 13.4. The van der Waals surface area contributed by atoms with Gasteiger partial charge in [-0.25, -0.2) is 0 Å². The lowest BCUT2D eigenvalue weighted by Crippen LogP contribution is -2.46. The third kappa shape index (κ3) is 7.31. The van der Waals surface area contributed by atoms with E-state index in [4.69, 9.17) is 23.2 Å². The van der Waals surface area contributed by atoms with E-state index in [1.54, 1.807) is 48.5 Å². The maximum Gasteiger partial charge on any atom is 0.110 e. The first-order valence-corrected chi connectivity index (χ1v) is 9.35. The van der Waals surface area contributed by atoms with Gasteiger partial charge in [-0.15, -0.1) is 0 Å². The highest BCUT2D eigenvalue weighted by atomic mass is 35.5. The van der Waals surface area contributed by atoms with E-state index in [2.05, 4.69) is 9.98 Å². The minimum absolute atomic E-state index is 0.150. The Kier molecular flexibility index (Phi) is 9.05. The van der Waals surface area contributed by atoms with Crippen LogP contribution < -0.4 is 0 Å². The Morgan fingerprint density at radius 1 is 0.714 bits per heavy atom. The number of aliphatic hydroxyl groups is 4. The zero-order chi connectivity index (χ0) is 20.5. The summed E-state index contributed by atoms with van der Waals surface area (Å²) in [6.45, 7) is -0.299. The van der Waals surface area contributed by atoms with Gasteiger partial charge in [0.25, 0.3) is 0 Å². The summed E-state index contributed by atoms with van der Waals surface area (Å²) in [4.78, 5) is 8.05. The second kappa shape index (κ2) is 11.3. The summed E-state index contributed by atoms with van der Waals surface area (Å²) in [7, 11) is 0. The smallest absolute Gasteiger partial charge is 0.110 e. The van der Waals surface area contributed by atoms with Crippen molar-refractivity contribution in [3.8, 4) is 0 Å². The van der Waals surface area contributed by atoms with Crippen molar-refractivity contribution >= 4 is 35.6 Å². The first-order valence-electron chi connectivity index (χ1n) is 8.60. The van der Waals surface area contributed by atoms with E-state index < -0.39 is 24.4 Å². The monoisotopic (exact) mass is 424 g/mol. The van der Waals surface area contributed by atoms with E-state index in [0.29, 0.717) is 10.0 Å². The molecule has 0 aliphatic rings. The number of hydrogen-bond acceptors (Lipinski definition) is 6. The fourth-order valence-corrected chi connectivity index (χ4v) is 2.77. The van der Waals surface area contributed by atoms with Crippen LogP contribution in [0.5, 0.6) is 0 Å². The van der Waals surface area contributed by atoms with E-state index in [0.717, 1.165) is 11.1 Å². The van der Waals surface area contributed by atoms with Gasteiger partial charge in [-0.2, -0.15) is 0 Å². The number of halogens is 2. The maximum absolute atomic E-state index is 10.0. The van der Waals surface area contributed by atoms with Gasteiger partial charge in [-0.1, -0.05) is 47.5 Å². The second-order valence-corrected chi connectivity index (χ2v) is 7.09. The summed E-state index contributed by atoms with van der Waals surface area (Å²) in [5, 5.41) is 41.1. The molecule has 4 atom stereocenters. The van der Waals surface area contributed by atoms with Gasteiger partial charge in [-0.05, 0) is 35.4 Å². The third-order valence-corrected chi connectivity index (χ3v) is 4.37. The fourth-order valence-electron chi connectivity index (χ4n) is 2.38. The molecule has 150 valence electrons. The minimum atomic E-state index is -1.58.